The molecule has 1 fully saturated rings. The van der Waals surface area contributed by atoms with Crippen LogP contribution in [0.25, 0.3) is 10.9 Å². The fourth-order valence-electron chi connectivity index (χ4n) is 3.88. The zero-order valence-corrected chi connectivity index (χ0v) is 18.9. The van der Waals surface area contributed by atoms with Gasteiger partial charge in [-0.25, -0.2) is 4.98 Å². The summed E-state index contributed by atoms with van der Waals surface area (Å²) in [4.78, 5) is 21.0. The van der Waals surface area contributed by atoms with E-state index in [1.54, 1.807) is 26.0 Å². The number of carbonyl (C=O) groups is 1. The molecular weight excluding hydrogens is 410 g/mol. The molecule has 1 N–H and O–H groups in total. The summed E-state index contributed by atoms with van der Waals surface area (Å²) in [6.45, 7) is 1.56. The van der Waals surface area contributed by atoms with Crippen molar-refractivity contribution in [2.45, 2.75) is 24.2 Å². The smallest absolute Gasteiger partial charge is 0.272 e. The zero-order chi connectivity index (χ0) is 21.8. The summed E-state index contributed by atoms with van der Waals surface area (Å²) < 4.78 is 11.0. The van der Waals surface area contributed by atoms with E-state index in [1.807, 2.05) is 41.5 Å². The van der Waals surface area contributed by atoms with Crippen LogP contribution in [0, 0.1) is 0 Å². The Hall–Kier alpha value is -2.93. The Labute approximate surface area is 186 Å². The number of thioether (sulfide) groups is 1. The topological polar surface area (TPSA) is 63.7 Å². The summed E-state index contributed by atoms with van der Waals surface area (Å²) in [5.74, 6) is 1.17. The fraction of sp³-hybridized carbons (Fsp3) is 0.333. The summed E-state index contributed by atoms with van der Waals surface area (Å²) in [6, 6.07) is 13.8. The third-order valence-electron chi connectivity index (χ3n) is 5.53. The number of rotatable bonds is 6. The average Bonchev–Trinajstić information content (AvgIpc) is 2.83. The molecule has 2 aromatic carbocycles. The van der Waals surface area contributed by atoms with E-state index < -0.39 is 0 Å². The lowest BCUT2D eigenvalue weighted by atomic mass is 10.1. The minimum absolute atomic E-state index is 0.0303. The largest absolute Gasteiger partial charge is 0.493 e. The van der Waals surface area contributed by atoms with Gasteiger partial charge < -0.3 is 19.7 Å². The predicted molar refractivity (Wildman–Crippen MR) is 126 cm³/mol. The van der Waals surface area contributed by atoms with Crippen LogP contribution in [0.4, 0.5) is 11.4 Å². The minimum atomic E-state index is -0.0303. The van der Waals surface area contributed by atoms with Gasteiger partial charge in [-0.05, 0) is 55.9 Å². The molecule has 1 aliphatic rings. The molecule has 0 unspecified atom stereocenters. The van der Waals surface area contributed by atoms with Gasteiger partial charge in [0.05, 0.1) is 25.4 Å². The Morgan fingerprint density at radius 3 is 2.48 bits per heavy atom. The van der Waals surface area contributed by atoms with Crippen LogP contribution in [-0.4, -0.2) is 49.4 Å². The molecule has 0 radical (unpaired) electrons. The molecule has 7 heteroatoms. The van der Waals surface area contributed by atoms with Gasteiger partial charge in [0, 0.05) is 35.1 Å². The lowest BCUT2D eigenvalue weighted by molar-refractivity contribution is 0.0719. The van der Waals surface area contributed by atoms with Crippen molar-refractivity contribution in [2.24, 2.45) is 0 Å². The zero-order valence-electron chi connectivity index (χ0n) is 18.1. The van der Waals surface area contributed by atoms with Crippen LogP contribution in [-0.2, 0) is 0 Å². The number of methoxy groups -OCH3 is 2. The molecule has 0 spiro atoms. The van der Waals surface area contributed by atoms with Crippen molar-refractivity contribution < 1.29 is 14.3 Å². The Kier molecular flexibility index (Phi) is 6.51. The molecule has 0 saturated carbocycles. The van der Waals surface area contributed by atoms with Crippen LogP contribution in [0.5, 0.6) is 11.5 Å². The molecule has 6 nitrogen and oxygen atoms in total. The van der Waals surface area contributed by atoms with Crippen LogP contribution < -0.4 is 14.8 Å². The number of hydrogen-bond donors (Lipinski definition) is 1. The normalized spacial score (nSPS) is 13.8. The number of benzene rings is 2. The van der Waals surface area contributed by atoms with Gasteiger partial charge in [-0.2, -0.15) is 0 Å². The molecule has 2 heterocycles. The Morgan fingerprint density at radius 2 is 1.77 bits per heavy atom. The molecule has 0 aliphatic carbocycles. The fourth-order valence-corrected chi connectivity index (χ4v) is 4.34. The Morgan fingerprint density at radius 1 is 1.03 bits per heavy atom. The first kappa shape index (κ1) is 21.3. The quantitative estimate of drug-likeness (QED) is 0.525. The maximum Gasteiger partial charge on any atom is 0.272 e. The highest BCUT2D eigenvalue weighted by atomic mass is 32.2. The van der Waals surface area contributed by atoms with Crippen LogP contribution in [0.2, 0.25) is 0 Å². The van der Waals surface area contributed by atoms with E-state index in [4.69, 9.17) is 14.5 Å². The molecule has 0 atom stereocenters. The number of anilines is 2. The summed E-state index contributed by atoms with van der Waals surface area (Å²) in [5, 5.41) is 4.35. The van der Waals surface area contributed by atoms with E-state index in [0.717, 1.165) is 47.6 Å². The molecule has 4 rings (SSSR count). The highest BCUT2D eigenvalue weighted by molar-refractivity contribution is 7.98. The summed E-state index contributed by atoms with van der Waals surface area (Å²) in [7, 11) is 3.21. The van der Waals surface area contributed by atoms with E-state index in [9.17, 15) is 4.79 Å². The van der Waals surface area contributed by atoms with Crippen molar-refractivity contribution in [3.05, 3.63) is 48.2 Å². The number of fused-ring (bicyclic) bond motifs is 1. The van der Waals surface area contributed by atoms with Gasteiger partial charge in [0.1, 0.15) is 5.69 Å². The van der Waals surface area contributed by atoms with Crippen LogP contribution in [0.3, 0.4) is 0 Å². The van der Waals surface area contributed by atoms with Gasteiger partial charge in [-0.1, -0.05) is 6.07 Å². The lowest BCUT2D eigenvalue weighted by Crippen LogP contribution is -2.36. The number of pyridine rings is 1. The highest BCUT2D eigenvalue weighted by Crippen LogP contribution is 2.36. The third kappa shape index (κ3) is 4.56. The molecule has 1 aromatic heterocycles. The standard InChI is InChI=1S/C24H27N3O3S/c1-29-22-13-18-19(25-16-8-7-9-17(12-16)31-3)14-21(26-20(18)15-23(22)30-2)24(28)27-10-5-4-6-11-27/h7-9,12-15H,4-6,10-11H2,1-3H3,(H,25,26). The van der Waals surface area contributed by atoms with Gasteiger partial charge in [0.2, 0.25) is 0 Å². The molecule has 1 saturated heterocycles. The molecule has 0 bridgehead atoms. The van der Waals surface area contributed by atoms with E-state index in [-0.39, 0.29) is 5.91 Å². The maximum absolute atomic E-state index is 13.2. The number of likely N-dealkylation sites (tertiary alicyclic amines) is 1. The lowest BCUT2D eigenvalue weighted by Gasteiger charge is -2.26. The number of hydrogen-bond acceptors (Lipinski definition) is 6. The second kappa shape index (κ2) is 9.47. The van der Waals surface area contributed by atoms with Gasteiger partial charge in [-0.3, -0.25) is 4.79 Å². The first-order valence-corrected chi connectivity index (χ1v) is 11.6. The Balaban J connectivity index is 1.82. The Bertz CT molecular complexity index is 1100. The van der Waals surface area contributed by atoms with E-state index in [0.29, 0.717) is 22.7 Å². The number of aromatic nitrogens is 1. The first-order chi connectivity index (χ1) is 15.1. The van der Waals surface area contributed by atoms with Crippen molar-refractivity contribution >= 4 is 39.9 Å². The van der Waals surface area contributed by atoms with Crippen molar-refractivity contribution in [3.63, 3.8) is 0 Å². The van der Waals surface area contributed by atoms with Crippen LogP contribution in [0.15, 0.2) is 47.4 Å². The minimum Gasteiger partial charge on any atom is -0.493 e. The monoisotopic (exact) mass is 437 g/mol. The SMILES string of the molecule is COc1cc2nc(C(=O)N3CCCCC3)cc(Nc3cccc(SC)c3)c2cc1OC. The van der Waals surface area contributed by atoms with Crippen LogP contribution in [0.1, 0.15) is 29.8 Å². The molecule has 3 aromatic rings. The predicted octanol–water partition coefficient (Wildman–Crippen LogP) is 5.34. The molecule has 1 aliphatic heterocycles. The second-order valence-corrected chi connectivity index (χ2v) is 8.37. The molecule has 1 amide bonds. The average molecular weight is 438 g/mol. The van der Waals surface area contributed by atoms with Crippen molar-refractivity contribution in [1.82, 2.24) is 9.88 Å². The molecular formula is C24H27N3O3S. The highest BCUT2D eigenvalue weighted by Gasteiger charge is 2.22. The number of nitrogens with one attached hydrogen (secondary N) is 1. The number of ether oxygens (including phenoxy) is 2. The van der Waals surface area contributed by atoms with Crippen molar-refractivity contribution in [3.8, 4) is 11.5 Å². The number of amides is 1. The first-order valence-electron chi connectivity index (χ1n) is 10.4. The van der Waals surface area contributed by atoms with E-state index in [2.05, 4.69) is 17.4 Å². The number of carbonyl (C=O) groups excluding carboxylic acids is 1. The number of nitrogens with zero attached hydrogens (tertiary/aromatic N) is 2. The number of piperidine rings is 1. The van der Waals surface area contributed by atoms with Gasteiger partial charge in [0.25, 0.3) is 5.91 Å². The maximum atomic E-state index is 13.2. The van der Waals surface area contributed by atoms with Gasteiger partial charge >= 0.3 is 0 Å². The van der Waals surface area contributed by atoms with Crippen molar-refractivity contribution in [1.29, 1.82) is 0 Å². The van der Waals surface area contributed by atoms with Crippen LogP contribution >= 0.6 is 11.8 Å². The molecule has 162 valence electrons. The summed E-state index contributed by atoms with van der Waals surface area (Å²) in [6.07, 6.45) is 5.30. The summed E-state index contributed by atoms with van der Waals surface area (Å²) in [5.41, 5.74) is 2.88. The summed E-state index contributed by atoms with van der Waals surface area (Å²) >= 11 is 1.69. The van der Waals surface area contributed by atoms with E-state index in [1.165, 1.54) is 6.42 Å². The van der Waals surface area contributed by atoms with E-state index >= 15 is 0 Å². The second-order valence-electron chi connectivity index (χ2n) is 7.49. The van der Waals surface area contributed by atoms with Crippen molar-refractivity contribution in [2.75, 3.05) is 38.9 Å². The van der Waals surface area contributed by atoms with Gasteiger partial charge in [0.15, 0.2) is 11.5 Å². The third-order valence-corrected chi connectivity index (χ3v) is 6.25. The van der Waals surface area contributed by atoms with Gasteiger partial charge in [-0.15, -0.1) is 11.8 Å². The molecule has 31 heavy (non-hydrogen) atoms.